The highest BCUT2D eigenvalue weighted by atomic mass is 35.5. The molecule has 5 nitrogen and oxygen atoms in total. The van der Waals surface area contributed by atoms with E-state index in [1.165, 1.54) is 6.92 Å². The molecule has 1 heterocycles. The molecule has 6 heteroatoms. The monoisotopic (exact) mass is 326 g/mol. The summed E-state index contributed by atoms with van der Waals surface area (Å²) < 4.78 is 5.60. The molecule has 2 rings (SSSR count). The van der Waals surface area contributed by atoms with Crippen LogP contribution in [0.4, 0.5) is 0 Å². The molecule has 0 aliphatic carbocycles. The van der Waals surface area contributed by atoms with Gasteiger partial charge in [-0.2, -0.15) is 0 Å². The Morgan fingerprint density at radius 3 is 2.68 bits per heavy atom. The van der Waals surface area contributed by atoms with Crippen LogP contribution in [0.15, 0.2) is 24.3 Å². The number of amides is 1. The smallest absolute Gasteiger partial charge is 0.222 e. The van der Waals surface area contributed by atoms with Crippen molar-refractivity contribution in [2.24, 2.45) is 0 Å². The summed E-state index contributed by atoms with van der Waals surface area (Å²) in [6.07, 6.45) is 1.19. The number of rotatable bonds is 6. The molecule has 0 atom stereocenters. The number of carbonyl (C=O) groups excluding carboxylic acids is 2. The Morgan fingerprint density at radius 1 is 1.27 bits per heavy atom. The van der Waals surface area contributed by atoms with Crippen LogP contribution in [0, 0.1) is 0 Å². The molecule has 1 aromatic rings. The fourth-order valence-corrected chi connectivity index (χ4v) is 2.29. The van der Waals surface area contributed by atoms with Crippen LogP contribution >= 0.6 is 12.4 Å². The number of nitrogens with zero attached hydrogens (tertiary/aromatic N) is 1. The normalized spacial score (nSPS) is 14.1. The van der Waals surface area contributed by atoms with Crippen LogP contribution in [-0.4, -0.2) is 49.4 Å². The summed E-state index contributed by atoms with van der Waals surface area (Å²) in [5, 5.41) is 3.23. The van der Waals surface area contributed by atoms with Crippen molar-refractivity contribution in [2.45, 2.75) is 19.8 Å². The second kappa shape index (κ2) is 9.43. The molecule has 0 aromatic heterocycles. The minimum atomic E-state index is 0. The first-order valence-electron chi connectivity index (χ1n) is 7.39. The van der Waals surface area contributed by atoms with Crippen LogP contribution in [0.5, 0.6) is 5.75 Å². The van der Waals surface area contributed by atoms with E-state index in [0.29, 0.717) is 30.8 Å². The molecular formula is C16H23ClN2O3. The maximum absolute atomic E-state index is 12.0. The maximum Gasteiger partial charge on any atom is 0.222 e. The van der Waals surface area contributed by atoms with Gasteiger partial charge in [-0.05, 0) is 25.5 Å². The summed E-state index contributed by atoms with van der Waals surface area (Å²) in [4.78, 5) is 25.1. The number of carbonyl (C=O) groups is 2. The molecular weight excluding hydrogens is 304 g/mol. The van der Waals surface area contributed by atoms with Crippen molar-refractivity contribution in [1.29, 1.82) is 0 Å². The van der Waals surface area contributed by atoms with Gasteiger partial charge in [0.25, 0.3) is 0 Å². The van der Waals surface area contributed by atoms with Crippen molar-refractivity contribution in [1.82, 2.24) is 10.2 Å². The molecule has 1 fully saturated rings. The topological polar surface area (TPSA) is 58.6 Å². The Balaban J connectivity index is 0.00000242. The van der Waals surface area contributed by atoms with Crippen molar-refractivity contribution < 1.29 is 14.3 Å². The SMILES string of the molecule is CC(=O)c1cccc(OCCCC(=O)N2CCNCC2)c1.Cl. The summed E-state index contributed by atoms with van der Waals surface area (Å²) >= 11 is 0. The molecule has 0 unspecified atom stereocenters. The summed E-state index contributed by atoms with van der Waals surface area (Å²) in [6.45, 7) is 5.35. The number of benzene rings is 1. The van der Waals surface area contributed by atoms with Gasteiger partial charge in [0.2, 0.25) is 5.91 Å². The Labute approximate surface area is 137 Å². The van der Waals surface area contributed by atoms with E-state index in [-0.39, 0.29) is 24.1 Å². The third-order valence-electron chi connectivity index (χ3n) is 3.51. The zero-order valence-electron chi connectivity index (χ0n) is 12.8. The first kappa shape index (κ1) is 18.5. The summed E-state index contributed by atoms with van der Waals surface area (Å²) in [5.74, 6) is 0.893. The predicted octanol–water partition coefficient (Wildman–Crippen LogP) is 1.90. The van der Waals surface area contributed by atoms with E-state index in [0.717, 1.165) is 26.2 Å². The molecule has 1 aliphatic heterocycles. The Hall–Kier alpha value is -1.59. The molecule has 0 radical (unpaired) electrons. The Kier molecular flexibility index (Phi) is 7.91. The summed E-state index contributed by atoms with van der Waals surface area (Å²) in [6, 6.07) is 7.13. The quantitative estimate of drug-likeness (QED) is 0.641. The van der Waals surface area contributed by atoms with Crippen LogP contribution in [-0.2, 0) is 4.79 Å². The zero-order chi connectivity index (χ0) is 15.1. The van der Waals surface area contributed by atoms with Gasteiger partial charge in [-0.3, -0.25) is 9.59 Å². The molecule has 1 aromatic carbocycles. The number of nitrogens with one attached hydrogen (secondary N) is 1. The second-order valence-corrected chi connectivity index (χ2v) is 5.17. The molecule has 0 saturated carbocycles. The van der Waals surface area contributed by atoms with Gasteiger partial charge in [0.1, 0.15) is 5.75 Å². The lowest BCUT2D eigenvalue weighted by atomic mass is 10.1. The number of hydrogen-bond donors (Lipinski definition) is 1. The van der Waals surface area contributed by atoms with Crippen LogP contribution in [0.25, 0.3) is 0 Å². The number of hydrogen-bond acceptors (Lipinski definition) is 4. The van der Waals surface area contributed by atoms with Crippen LogP contribution in [0.1, 0.15) is 30.1 Å². The van der Waals surface area contributed by atoms with Gasteiger partial charge in [-0.15, -0.1) is 12.4 Å². The van der Waals surface area contributed by atoms with Crippen molar-refractivity contribution in [3.63, 3.8) is 0 Å². The molecule has 122 valence electrons. The Bertz CT molecular complexity index is 502. The lowest BCUT2D eigenvalue weighted by Gasteiger charge is -2.27. The minimum Gasteiger partial charge on any atom is -0.494 e. The number of piperazine rings is 1. The number of ether oxygens (including phenoxy) is 1. The third kappa shape index (κ3) is 5.66. The fraction of sp³-hybridized carbons (Fsp3) is 0.500. The molecule has 0 bridgehead atoms. The summed E-state index contributed by atoms with van der Waals surface area (Å²) in [5.41, 5.74) is 0.643. The lowest BCUT2D eigenvalue weighted by molar-refractivity contribution is -0.132. The summed E-state index contributed by atoms with van der Waals surface area (Å²) in [7, 11) is 0. The van der Waals surface area contributed by atoms with Gasteiger partial charge >= 0.3 is 0 Å². The van der Waals surface area contributed by atoms with E-state index in [4.69, 9.17) is 4.74 Å². The van der Waals surface area contributed by atoms with Gasteiger partial charge in [-0.1, -0.05) is 12.1 Å². The third-order valence-corrected chi connectivity index (χ3v) is 3.51. The first-order chi connectivity index (χ1) is 10.2. The van der Waals surface area contributed by atoms with Crippen LogP contribution in [0.2, 0.25) is 0 Å². The number of Topliss-reactive ketones (excluding diaryl/α,β-unsaturated/α-hetero) is 1. The van der Waals surface area contributed by atoms with Crippen molar-refractivity contribution in [3.05, 3.63) is 29.8 Å². The average Bonchev–Trinajstić information content (AvgIpc) is 2.52. The molecule has 1 N–H and O–H groups in total. The van der Waals surface area contributed by atoms with Crippen LogP contribution < -0.4 is 10.1 Å². The van der Waals surface area contributed by atoms with Crippen LogP contribution in [0.3, 0.4) is 0 Å². The van der Waals surface area contributed by atoms with E-state index < -0.39 is 0 Å². The Morgan fingerprint density at radius 2 is 2.00 bits per heavy atom. The lowest BCUT2D eigenvalue weighted by Crippen LogP contribution is -2.46. The predicted molar refractivity (Wildman–Crippen MR) is 87.9 cm³/mol. The fourth-order valence-electron chi connectivity index (χ4n) is 2.29. The maximum atomic E-state index is 12.0. The number of halogens is 1. The standard InChI is InChI=1S/C16H22N2O3.ClH/c1-13(19)14-4-2-5-15(12-14)21-11-3-6-16(20)18-9-7-17-8-10-18;/h2,4-5,12,17H,3,6-11H2,1H3;1H. The minimum absolute atomic E-state index is 0. The molecule has 1 saturated heterocycles. The molecule has 1 amide bonds. The van der Waals surface area contributed by atoms with Gasteiger partial charge in [0.05, 0.1) is 6.61 Å². The van der Waals surface area contributed by atoms with Gasteiger partial charge in [0.15, 0.2) is 5.78 Å². The first-order valence-corrected chi connectivity index (χ1v) is 7.39. The molecule has 0 spiro atoms. The van der Waals surface area contributed by atoms with Gasteiger partial charge < -0.3 is 15.0 Å². The van der Waals surface area contributed by atoms with Gasteiger partial charge in [-0.25, -0.2) is 0 Å². The van der Waals surface area contributed by atoms with Gasteiger partial charge in [0, 0.05) is 38.2 Å². The highest BCUT2D eigenvalue weighted by molar-refractivity contribution is 5.94. The van der Waals surface area contributed by atoms with E-state index in [1.54, 1.807) is 18.2 Å². The van der Waals surface area contributed by atoms with E-state index in [1.807, 2.05) is 11.0 Å². The zero-order valence-corrected chi connectivity index (χ0v) is 13.7. The van der Waals surface area contributed by atoms with E-state index >= 15 is 0 Å². The highest BCUT2D eigenvalue weighted by Crippen LogP contribution is 2.14. The second-order valence-electron chi connectivity index (χ2n) is 5.17. The average molecular weight is 327 g/mol. The van der Waals surface area contributed by atoms with Crippen molar-refractivity contribution in [3.8, 4) is 5.75 Å². The largest absolute Gasteiger partial charge is 0.494 e. The number of ketones is 1. The van der Waals surface area contributed by atoms with E-state index in [9.17, 15) is 9.59 Å². The van der Waals surface area contributed by atoms with E-state index in [2.05, 4.69) is 5.32 Å². The molecule has 1 aliphatic rings. The van der Waals surface area contributed by atoms with Crippen molar-refractivity contribution >= 4 is 24.1 Å². The highest BCUT2D eigenvalue weighted by Gasteiger charge is 2.15. The molecule has 22 heavy (non-hydrogen) atoms. The van der Waals surface area contributed by atoms with Crippen molar-refractivity contribution in [2.75, 3.05) is 32.8 Å².